The first-order chi connectivity index (χ1) is 7.90. The van der Waals surface area contributed by atoms with Crippen molar-refractivity contribution >= 4 is 20.6 Å². The number of hydrogen-bond acceptors (Lipinski definition) is 4. The highest BCUT2D eigenvalue weighted by Gasteiger charge is 2.15. The maximum atomic E-state index is 12.0. The minimum Gasteiger partial charge on any atom is -0.329 e. The summed E-state index contributed by atoms with van der Waals surface area (Å²) in [5.74, 6) is 0. The number of sulfone groups is 1. The third kappa shape index (κ3) is 3.62. The Morgan fingerprint density at radius 2 is 1.82 bits per heavy atom. The minimum absolute atomic E-state index is 0.0842. The SMILES string of the molecule is CCC(CN)S(=O)c1ccc(S(C)(=O)=O)cc1. The van der Waals surface area contributed by atoms with Gasteiger partial charge in [-0.25, -0.2) is 8.42 Å². The van der Waals surface area contributed by atoms with E-state index < -0.39 is 20.6 Å². The van der Waals surface area contributed by atoms with E-state index in [1.807, 2.05) is 6.92 Å². The molecule has 0 radical (unpaired) electrons. The lowest BCUT2D eigenvalue weighted by Gasteiger charge is -2.12. The molecule has 4 nitrogen and oxygen atoms in total. The molecular formula is C11H17NO3S2. The molecule has 2 unspecified atom stereocenters. The van der Waals surface area contributed by atoms with E-state index in [9.17, 15) is 12.6 Å². The van der Waals surface area contributed by atoms with Gasteiger partial charge in [-0.1, -0.05) is 6.92 Å². The summed E-state index contributed by atoms with van der Waals surface area (Å²) in [6.07, 6.45) is 1.88. The molecule has 0 spiro atoms. The Hall–Kier alpha value is -0.720. The number of benzene rings is 1. The molecule has 0 aliphatic carbocycles. The standard InChI is InChI=1S/C11H17NO3S2/c1-3-9(8-12)16(13)10-4-6-11(7-5-10)17(2,14)15/h4-7,9H,3,8,12H2,1-2H3. The van der Waals surface area contributed by atoms with E-state index in [2.05, 4.69) is 0 Å². The maximum absolute atomic E-state index is 12.0. The van der Waals surface area contributed by atoms with Crippen LogP contribution in [-0.4, -0.2) is 30.7 Å². The molecule has 2 atom stereocenters. The second-order valence-corrected chi connectivity index (χ2v) is 7.56. The molecule has 1 rings (SSSR count). The average molecular weight is 275 g/mol. The van der Waals surface area contributed by atoms with Crippen molar-refractivity contribution in [2.45, 2.75) is 28.4 Å². The van der Waals surface area contributed by atoms with Crippen LogP contribution >= 0.6 is 0 Å². The lowest BCUT2D eigenvalue weighted by atomic mass is 10.3. The van der Waals surface area contributed by atoms with Gasteiger partial charge in [-0.2, -0.15) is 0 Å². The highest BCUT2D eigenvalue weighted by molar-refractivity contribution is 7.90. The second-order valence-electron chi connectivity index (χ2n) is 3.81. The van der Waals surface area contributed by atoms with Gasteiger partial charge in [0.25, 0.3) is 0 Å². The Balaban J connectivity index is 2.99. The van der Waals surface area contributed by atoms with Gasteiger partial charge in [0.2, 0.25) is 0 Å². The van der Waals surface area contributed by atoms with Crippen LogP contribution in [0.4, 0.5) is 0 Å². The second kappa shape index (κ2) is 5.75. The van der Waals surface area contributed by atoms with Gasteiger partial charge in [-0.15, -0.1) is 0 Å². The smallest absolute Gasteiger partial charge is 0.175 e. The molecule has 0 heterocycles. The summed E-state index contributed by atoms with van der Waals surface area (Å²) in [6, 6.07) is 6.13. The molecule has 96 valence electrons. The Bertz CT molecular complexity index is 490. The Morgan fingerprint density at radius 3 is 2.18 bits per heavy atom. The Labute approximate surface area is 105 Å². The third-order valence-electron chi connectivity index (χ3n) is 2.51. The maximum Gasteiger partial charge on any atom is 0.175 e. The van der Waals surface area contributed by atoms with E-state index in [-0.39, 0.29) is 10.1 Å². The highest BCUT2D eigenvalue weighted by Crippen LogP contribution is 2.16. The summed E-state index contributed by atoms with van der Waals surface area (Å²) in [4.78, 5) is 0.855. The first-order valence-corrected chi connectivity index (χ1v) is 8.41. The fourth-order valence-corrected chi connectivity index (χ4v) is 3.32. The minimum atomic E-state index is -3.20. The van der Waals surface area contributed by atoms with Crippen LogP contribution in [0.2, 0.25) is 0 Å². The third-order valence-corrected chi connectivity index (χ3v) is 5.50. The molecular weight excluding hydrogens is 258 g/mol. The molecule has 1 aromatic carbocycles. The number of nitrogens with two attached hydrogens (primary N) is 1. The van der Waals surface area contributed by atoms with Crippen LogP contribution in [-0.2, 0) is 20.6 Å². The largest absolute Gasteiger partial charge is 0.329 e. The molecule has 1 aromatic rings. The van der Waals surface area contributed by atoms with Crippen LogP contribution in [0, 0.1) is 0 Å². The van der Waals surface area contributed by atoms with Crippen LogP contribution in [0.1, 0.15) is 13.3 Å². The summed E-state index contributed by atoms with van der Waals surface area (Å²) in [7, 11) is -4.38. The fourth-order valence-electron chi connectivity index (χ4n) is 1.42. The topological polar surface area (TPSA) is 77.2 Å². The molecule has 0 aromatic heterocycles. The normalized spacial score (nSPS) is 15.5. The predicted molar refractivity (Wildman–Crippen MR) is 69.1 cm³/mol. The van der Waals surface area contributed by atoms with Crippen molar-refractivity contribution in [3.63, 3.8) is 0 Å². The summed E-state index contributed by atoms with van der Waals surface area (Å²) < 4.78 is 34.6. The molecule has 0 amide bonds. The zero-order chi connectivity index (χ0) is 13.1. The van der Waals surface area contributed by atoms with Gasteiger partial charge < -0.3 is 5.73 Å². The van der Waals surface area contributed by atoms with Crippen molar-refractivity contribution in [3.05, 3.63) is 24.3 Å². The Kier molecular flexibility index (Phi) is 4.85. The van der Waals surface area contributed by atoms with Gasteiger partial charge in [0.05, 0.1) is 20.9 Å². The van der Waals surface area contributed by atoms with Gasteiger partial charge >= 0.3 is 0 Å². The lowest BCUT2D eigenvalue weighted by molar-refractivity contribution is 0.601. The van der Waals surface area contributed by atoms with E-state index >= 15 is 0 Å². The predicted octanol–water partition coefficient (Wildman–Crippen LogP) is 0.935. The van der Waals surface area contributed by atoms with Crippen molar-refractivity contribution in [1.29, 1.82) is 0 Å². The highest BCUT2D eigenvalue weighted by atomic mass is 32.2. The van der Waals surface area contributed by atoms with Crippen LogP contribution in [0.3, 0.4) is 0 Å². The molecule has 0 bridgehead atoms. The number of rotatable bonds is 5. The first-order valence-electron chi connectivity index (χ1n) is 5.31. The monoisotopic (exact) mass is 275 g/mol. The van der Waals surface area contributed by atoms with Crippen molar-refractivity contribution in [3.8, 4) is 0 Å². The van der Waals surface area contributed by atoms with Crippen LogP contribution in [0.25, 0.3) is 0 Å². The van der Waals surface area contributed by atoms with Crippen LogP contribution in [0.5, 0.6) is 0 Å². The Morgan fingerprint density at radius 1 is 1.29 bits per heavy atom. The van der Waals surface area contributed by atoms with Gasteiger partial charge in [-0.3, -0.25) is 4.21 Å². The molecule has 0 saturated heterocycles. The summed E-state index contributed by atoms with van der Waals surface area (Å²) in [5, 5.41) is -0.0842. The van der Waals surface area contributed by atoms with E-state index in [0.717, 1.165) is 12.7 Å². The van der Waals surface area contributed by atoms with Gasteiger partial charge in [0.1, 0.15) is 0 Å². The molecule has 0 aliphatic heterocycles. The van der Waals surface area contributed by atoms with Crippen molar-refractivity contribution in [1.82, 2.24) is 0 Å². The van der Waals surface area contributed by atoms with Crippen LogP contribution in [0.15, 0.2) is 34.1 Å². The fraction of sp³-hybridized carbons (Fsp3) is 0.455. The van der Waals surface area contributed by atoms with Crippen molar-refractivity contribution < 1.29 is 12.6 Å². The molecule has 17 heavy (non-hydrogen) atoms. The van der Waals surface area contributed by atoms with E-state index in [1.54, 1.807) is 12.1 Å². The quantitative estimate of drug-likeness (QED) is 0.867. The summed E-state index contributed by atoms with van der Waals surface area (Å²) in [5.41, 5.74) is 5.53. The number of hydrogen-bond donors (Lipinski definition) is 1. The van der Waals surface area contributed by atoms with E-state index in [4.69, 9.17) is 5.73 Å². The van der Waals surface area contributed by atoms with E-state index in [1.165, 1.54) is 12.1 Å². The molecule has 6 heteroatoms. The lowest BCUT2D eigenvalue weighted by Crippen LogP contribution is -2.24. The average Bonchev–Trinajstić information content (AvgIpc) is 2.29. The van der Waals surface area contributed by atoms with Crippen molar-refractivity contribution in [2.24, 2.45) is 5.73 Å². The molecule has 0 saturated carbocycles. The zero-order valence-corrected chi connectivity index (χ0v) is 11.6. The summed E-state index contributed by atoms with van der Waals surface area (Å²) >= 11 is 0. The first kappa shape index (κ1) is 14.3. The van der Waals surface area contributed by atoms with Gasteiger partial charge in [0.15, 0.2) is 9.84 Å². The molecule has 0 fully saturated rings. The molecule has 0 aliphatic rings. The zero-order valence-electron chi connectivity index (χ0n) is 9.92. The molecule has 2 N–H and O–H groups in total. The van der Waals surface area contributed by atoms with Gasteiger partial charge in [0, 0.05) is 17.7 Å². The summed E-state index contributed by atoms with van der Waals surface area (Å²) in [6.45, 7) is 2.29. The van der Waals surface area contributed by atoms with E-state index in [0.29, 0.717) is 11.4 Å². The van der Waals surface area contributed by atoms with Gasteiger partial charge in [-0.05, 0) is 30.7 Å². The van der Waals surface area contributed by atoms with Crippen molar-refractivity contribution in [2.75, 3.05) is 12.8 Å². The van der Waals surface area contributed by atoms with Crippen LogP contribution < -0.4 is 5.73 Å².